The third kappa shape index (κ3) is 1.37. The van der Waals surface area contributed by atoms with Crippen LogP contribution in [0, 0.1) is 6.92 Å². The Balaban J connectivity index is 2.33. The number of aromatic nitrogens is 4. The van der Waals surface area contributed by atoms with Crippen molar-refractivity contribution in [3.8, 4) is 10.7 Å². The van der Waals surface area contributed by atoms with Gasteiger partial charge in [-0.2, -0.15) is 4.52 Å². The van der Waals surface area contributed by atoms with Gasteiger partial charge in [-0.15, -0.1) is 16.4 Å². The molecule has 3 heterocycles. The first-order valence-electron chi connectivity index (χ1n) is 5.29. The van der Waals surface area contributed by atoms with Crippen LogP contribution in [0.2, 0.25) is 0 Å². The van der Waals surface area contributed by atoms with Crippen molar-refractivity contribution in [3.05, 3.63) is 28.9 Å². The molecule has 0 amide bonds. The first-order chi connectivity index (χ1) is 8.59. The topological polar surface area (TPSA) is 72.4 Å². The Morgan fingerprint density at radius 1 is 1.50 bits per heavy atom. The zero-order valence-electron chi connectivity index (χ0n) is 9.78. The van der Waals surface area contributed by atoms with E-state index in [1.54, 1.807) is 22.8 Å². The van der Waals surface area contributed by atoms with E-state index in [2.05, 4.69) is 10.1 Å². The second-order valence-electron chi connectivity index (χ2n) is 3.92. The fourth-order valence-electron chi connectivity index (χ4n) is 1.94. The molecule has 92 valence electrons. The van der Waals surface area contributed by atoms with Gasteiger partial charge in [-0.3, -0.25) is 4.57 Å². The summed E-state index contributed by atoms with van der Waals surface area (Å²) in [6, 6.07) is 3.88. The van der Waals surface area contributed by atoms with E-state index in [1.807, 2.05) is 24.6 Å². The summed E-state index contributed by atoms with van der Waals surface area (Å²) in [5.41, 5.74) is 0.585. The molecule has 0 aliphatic rings. The summed E-state index contributed by atoms with van der Waals surface area (Å²) in [7, 11) is 1.83. The van der Waals surface area contributed by atoms with Crippen molar-refractivity contribution >= 4 is 23.1 Å². The molecule has 3 rings (SSSR count). The standard InChI is InChI=1S/C11H10N4O2S/c1-6-8(10(16)17)15-11(12-6)14(2)9(13-15)7-4-3-5-18-7/h3-5H,1-2H3,(H,16,17). The molecule has 1 N–H and O–H groups in total. The van der Waals surface area contributed by atoms with Gasteiger partial charge in [0.05, 0.1) is 10.6 Å². The Labute approximate surface area is 106 Å². The highest BCUT2D eigenvalue weighted by Gasteiger charge is 2.21. The van der Waals surface area contributed by atoms with Crippen LogP contribution in [-0.4, -0.2) is 30.2 Å². The molecule has 3 aromatic heterocycles. The molecular formula is C11H10N4O2S. The lowest BCUT2D eigenvalue weighted by atomic mass is 10.3. The van der Waals surface area contributed by atoms with Crippen molar-refractivity contribution < 1.29 is 9.90 Å². The number of hydrogen-bond donors (Lipinski definition) is 1. The molecule has 0 atom stereocenters. The highest BCUT2D eigenvalue weighted by Crippen LogP contribution is 2.25. The number of aromatic carboxylic acids is 1. The zero-order chi connectivity index (χ0) is 12.9. The van der Waals surface area contributed by atoms with Gasteiger partial charge in [0.25, 0.3) is 0 Å². The molecule has 0 aliphatic heterocycles. The fraction of sp³-hybridized carbons (Fsp3) is 0.182. The van der Waals surface area contributed by atoms with E-state index in [4.69, 9.17) is 0 Å². The number of rotatable bonds is 2. The number of carboxylic acids is 1. The van der Waals surface area contributed by atoms with Crippen LogP contribution in [0.3, 0.4) is 0 Å². The van der Waals surface area contributed by atoms with Crippen LogP contribution in [0.4, 0.5) is 0 Å². The summed E-state index contributed by atoms with van der Waals surface area (Å²) in [6.45, 7) is 1.67. The smallest absolute Gasteiger partial charge is 0.356 e. The van der Waals surface area contributed by atoms with Gasteiger partial charge in [0.2, 0.25) is 5.78 Å². The fourth-order valence-corrected chi connectivity index (χ4v) is 2.68. The summed E-state index contributed by atoms with van der Waals surface area (Å²) >= 11 is 1.56. The lowest BCUT2D eigenvalue weighted by molar-refractivity contribution is 0.0687. The van der Waals surface area contributed by atoms with E-state index >= 15 is 0 Å². The Morgan fingerprint density at radius 2 is 2.28 bits per heavy atom. The second-order valence-corrected chi connectivity index (χ2v) is 4.87. The Hall–Kier alpha value is -2.15. The first-order valence-corrected chi connectivity index (χ1v) is 6.17. The third-order valence-electron chi connectivity index (χ3n) is 2.77. The molecular weight excluding hydrogens is 252 g/mol. The molecule has 6 nitrogen and oxygen atoms in total. The van der Waals surface area contributed by atoms with Crippen LogP contribution >= 0.6 is 11.3 Å². The Kier molecular flexibility index (Phi) is 2.24. The molecule has 0 saturated carbocycles. The van der Waals surface area contributed by atoms with Crippen LogP contribution in [0.25, 0.3) is 16.5 Å². The zero-order valence-corrected chi connectivity index (χ0v) is 10.6. The number of nitrogens with zero attached hydrogens (tertiary/aromatic N) is 4. The molecule has 0 spiro atoms. The van der Waals surface area contributed by atoms with Crippen molar-refractivity contribution in [1.82, 2.24) is 19.2 Å². The molecule has 0 fully saturated rings. The van der Waals surface area contributed by atoms with Gasteiger partial charge < -0.3 is 5.11 Å². The Bertz CT molecular complexity index is 739. The summed E-state index contributed by atoms with van der Waals surface area (Å²) < 4.78 is 3.18. The maximum atomic E-state index is 11.2. The number of carboxylic acid groups (broad SMARTS) is 1. The minimum absolute atomic E-state index is 0.114. The van der Waals surface area contributed by atoms with Crippen molar-refractivity contribution in [2.75, 3.05) is 0 Å². The van der Waals surface area contributed by atoms with Crippen LogP contribution in [0.5, 0.6) is 0 Å². The van der Waals surface area contributed by atoms with E-state index in [-0.39, 0.29) is 5.69 Å². The average Bonchev–Trinajstić information content (AvgIpc) is 2.96. The summed E-state index contributed by atoms with van der Waals surface area (Å²) in [6.07, 6.45) is 0. The van der Waals surface area contributed by atoms with Crippen LogP contribution < -0.4 is 0 Å². The van der Waals surface area contributed by atoms with Crippen LogP contribution in [0.1, 0.15) is 16.2 Å². The average molecular weight is 262 g/mol. The largest absolute Gasteiger partial charge is 0.476 e. The van der Waals surface area contributed by atoms with Crippen molar-refractivity contribution in [2.24, 2.45) is 7.05 Å². The molecule has 0 saturated heterocycles. The maximum absolute atomic E-state index is 11.2. The molecule has 0 aromatic carbocycles. The number of hydrogen-bond acceptors (Lipinski definition) is 4. The lowest BCUT2D eigenvalue weighted by Gasteiger charge is -1.95. The summed E-state index contributed by atoms with van der Waals surface area (Å²) in [4.78, 5) is 16.4. The van der Waals surface area contributed by atoms with Crippen LogP contribution in [0.15, 0.2) is 17.5 Å². The SMILES string of the molecule is Cc1nc2n(C)c(-c3cccs3)nn2c1C(=O)O. The summed E-state index contributed by atoms with van der Waals surface area (Å²) in [5.74, 6) is 0.235. The minimum atomic E-state index is -1.02. The van der Waals surface area contributed by atoms with Gasteiger partial charge in [0.1, 0.15) is 0 Å². The van der Waals surface area contributed by atoms with Gasteiger partial charge in [-0.05, 0) is 18.4 Å². The quantitative estimate of drug-likeness (QED) is 0.764. The van der Waals surface area contributed by atoms with E-state index in [1.165, 1.54) is 4.52 Å². The number of fused-ring (bicyclic) bond motifs is 1. The third-order valence-corrected chi connectivity index (χ3v) is 3.63. The molecule has 3 aromatic rings. The molecule has 0 radical (unpaired) electrons. The number of carbonyl (C=O) groups is 1. The molecule has 18 heavy (non-hydrogen) atoms. The number of thiophene rings is 1. The summed E-state index contributed by atoms with van der Waals surface area (Å²) in [5, 5.41) is 15.5. The van der Waals surface area contributed by atoms with Gasteiger partial charge in [-0.1, -0.05) is 6.07 Å². The first kappa shape index (κ1) is 11.0. The molecule has 0 bridgehead atoms. The maximum Gasteiger partial charge on any atom is 0.356 e. The van der Waals surface area contributed by atoms with E-state index < -0.39 is 5.97 Å². The normalized spacial score (nSPS) is 11.2. The van der Waals surface area contributed by atoms with Crippen LogP contribution in [-0.2, 0) is 7.05 Å². The molecule has 0 aliphatic carbocycles. The van der Waals surface area contributed by atoms with E-state index in [0.29, 0.717) is 11.5 Å². The van der Waals surface area contributed by atoms with Gasteiger partial charge in [0, 0.05) is 7.05 Å². The van der Waals surface area contributed by atoms with E-state index in [0.717, 1.165) is 10.7 Å². The second kappa shape index (κ2) is 3.67. The predicted octanol–water partition coefficient (Wildman–Crippen LogP) is 1.80. The molecule has 0 unspecified atom stereocenters. The lowest BCUT2D eigenvalue weighted by Crippen LogP contribution is -2.04. The highest BCUT2D eigenvalue weighted by molar-refractivity contribution is 7.13. The monoisotopic (exact) mass is 262 g/mol. The number of imidazole rings is 1. The highest BCUT2D eigenvalue weighted by atomic mass is 32.1. The minimum Gasteiger partial charge on any atom is -0.476 e. The number of aryl methyl sites for hydroxylation is 2. The van der Waals surface area contributed by atoms with Crippen molar-refractivity contribution in [1.29, 1.82) is 0 Å². The van der Waals surface area contributed by atoms with Gasteiger partial charge >= 0.3 is 5.97 Å². The van der Waals surface area contributed by atoms with E-state index in [9.17, 15) is 9.90 Å². The Morgan fingerprint density at radius 3 is 2.89 bits per heavy atom. The van der Waals surface area contributed by atoms with Gasteiger partial charge in [-0.25, -0.2) is 9.78 Å². The predicted molar refractivity (Wildman–Crippen MR) is 67.0 cm³/mol. The van der Waals surface area contributed by atoms with Crippen molar-refractivity contribution in [2.45, 2.75) is 6.92 Å². The van der Waals surface area contributed by atoms with Crippen molar-refractivity contribution in [3.63, 3.8) is 0 Å². The molecule has 7 heteroatoms. The van der Waals surface area contributed by atoms with Gasteiger partial charge in [0.15, 0.2) is 11.5 Å².